The Hall–Kier alpha value is -1.83. The van der Waals surface area contributed by atoms with Crippen LogP contribution in [-0.4, -0.2) is 52.4 Å². The van der Waals surface area contributed by atoms with Gasteiger partial charge >= 0.3 is 0 Å². The Morgan fingerprint density at radius 2 is 2.30 bits per heavy atom. The molecule has 108 valence electrons. The summed E-state index contributed by atoms with van der Waals surface area (Å²) in [6.45, 7) is 1.34. The summed E-state index contributed by atoms with van der Waals surface area (Å²) in [5.74, 6) is 2.10. The molecule has 0 atom stereocenters. The molecule has 1 N–H and O–H groups in total. The second-order valence-corrected chi connectivity index (χ2v) is 5.58. The minimum atomic E-state index is -0.540. The van der Waals surface area contributed by atoms with Crippen LogP contribution in [0.2, 0.25) is 0 Å². The van der Waals surface area contributed by atoms with E-state index in [1.807, 2.05) is 11.8 Å². The molecular weight excluding hydrogens is 280 g/mol. The monoisotopic (exact) mass is 296 g/mol. The highest BCUT2D eigenvalue weighted by molar-refractivity contribution is 7.99. The van der Waals surface area contributed by atoms with Gasteiger partial charge in [-0.15, -0.1) is 0 Å². The number of rotatable bonds is 3. The lowest BCUT2D eigenvalue weighted by atomic mass is 10.2. The summed E-state index contributed by atoms with van der Waals surface area (Å²) < 4.78 is 0. The molecule has 8 heteroatoms. The summed E-state index contributed by atoms with van der Waals surface area (Å²) in [6.07, 6.45) is 2.09. The van der Waals surface area contributed by atoms with E-state index in [0.29, 0.717) is 18.9 Å². The third-order valence-corrected chi connectivity index (χ3v) is 4.11. The Kier molecular flexibility index (Phi) is 4.78. The van der Waals surface area contributed by atoms with Gasteiger partial charge in [-0.3, -0.25) is 14.9 Å². The molecule has 0 bridgehead atoms. The van der Waals surface area contributed by atoms with Crippen molar-refractivity contribution in [3.8, 4) is 0 Å². The predicted octanol–water partition coefficient (Wildman–Crippen LogP) is 1.61. The summed E-state index contributed by atoms with van der Waals surface area (Å²) in [6, 6.07) is 1.29. The van der Waals surface area contributed by atoms with Gasteiger partial charge < -0.3 is 10.2 Å². The standard InChI is InChI=1S/C12H16N4O3S/c1-13-11-10(7-9(8-14-11)16(18)19)12(17)15-3-2-5-20-6-4-15/h7-8H,2-6H2,1H3,(H,13,14). The maximum atomic E-state index is 12.5. The topological polar surface area (TPSA) is 88.4 Å². The van der Waals surface area contributed by atoms with Crippen LogP contribution in [0.3, 0.4) is 0 Å². The fourth-order valence-electron chi connectivity index (χ4n) is 2.04. The Morgan fingerprint density at radius 3 is 3.00 bits per heavy atom. The molecule has 0 aliphatic carbocycles. The van der Waals surface area contributed by atoms with Crippen LogP contribution in [0.15, 0.2) is 12.3 Å². The van der Waals surface area contributed by atoms with E-state index in [2.05, 4.69) is 10.3 Å². The summed E-state index contributed by atoms with van der Waals surface area (Å²) in [7, 11) is 1.64. The molecule has 1 fully saturated rings. The van der Waals surface area contributed by atoms with Crippen LogP contribution in [0.1, 0.15) is 16.8 Å². The summed E-state index contributed by atoms with van der Waals surface area (Å²) >= 11 is 1.82. The van der Waals surface area contributed by atoms with Crippen molar-refractivity contribution < 1.29 is 9.72 Å². The van der Waals surface area contributed by atoms with Gasteiger partial charge in [0, 0.05) is 32.0 Å². The van der Waals surface area contributed by atoms with Crippen molar-refractivity contribution >= 4 is 29.2 Å². The molecule has 1 amide bonds. The van der Waals surface area contributed by atoms with E-state index >= 15 is 0 Å². The first-order chi connectivity index (χ1) is 9.63. The van der Waals surface area contributed by atoms with Crippen LogP contribution >= 0.6 is 11.8 Å². The number of thioether (sulfide) groups is 1. The largest absolute Gasteiger partial charge is 0.372 e. The zero-order valence-corrected chi connectivity index (χ0v) is 12.0. The van der Waals surface area contributed by atoms with E-state index < -0.39 is 4.92 Å². The lowest BCUT2D eigenvalue weighted by Crippen LogP contribution is -2.33. The molecule has 0 saturated carbocycles. The lowest BCUT2D eigenvalue weighted by Gasteiger charge is -2.20. The molecule has 2 rings (SSSR count). The number of hydrogen-bond acceptors (Lipinski definition) is 6. The minimum Gasteiger partial charge on any atom is -0.372 e. The van der Waals surface area contributed by atoms with Crippen molar-refractivity contribution in [2.75, 3.05) is 37.0 Å². The first-order valence-electron chi connectivity index (χ1n) is 6.32. The molecule has 1 aliphatic heterocycles. The summed E-state index contributed by atoms with van der Waals surface area (Å²) in [4.78, 5) is 28.5. The Morgan fingerprint density at radius 1 is 1.50 bits per heavy atom. The number of aromatic nitrogens is 1. The highest BCUT2D eigenvalue weighted by atomic mass is 32.2. The maximum absolute atomic E-state index is 12.5. The number of carbonyl (C=O) groups excluding carboxylic acids is 1. The molecule has 7 nitrogen and oxygen atoms in total. The van der Waals surface area contributed by atoms with E-state index in [-0.39, 0.29) is 17.2 Å². The van der Waals surface area contributed by atoms with Crippen LogP contribution in [0, 0.1) is 10.1 Å². The minimum absolute atomic E-state index is 0.170. The average molecular weight is 296 g/mol. The first kappa shape index (κ1) is 14.6. The fraction of sp³-hybridized carbons (Fsp3) is 0.500. The van der Waals surface area contributed by atoms with Crippen molar-refractivity contribution in [1.29, 1.82) is 0 Å². The SMILES string of the molecule is CNc1ncc([N+](=O)[O-])cc1C(=O)N1CCCSCC1. The van der Waals surface area contributed by atoms with Crippen LogP contribution in [0.4, 0.5) is 11.5 Å². The summed E-state index contributed by atoms with van der Waals surface area (Å²) in [5.41, 5.74) is 0.0881. The number of nitro groups is 1. The van der Waals surface area contributed by atoms with E-state index in [1.54, 1.807) is 11.9 Å². The van der Waals surface area contributed by atoms with Gasteiger partial charge in [-0.2, -0.15) is 11.8 Å². The van der Waals surface area contributed by atoms with Gasteiger partial charge in [-0.25, -0.2) is 4.98 Å². The number of pyridine rings is 1. The van der Waals surface area contributed by atoms with Gasteiger partial charge in [0.05, 0.1) is 10.5 Å². The van der Waals surface area contributed by atoms with E-state index in [4.69, 9.17) is 0 Å². The van der Waals surface area contributed by atoms with Gasteiger partial charge in [0.2, 0.25) is 0 Å². The third kappa shape index (κ3) is 3.19. The number of anilines is 1. The van der Waals surface area contributed by atoms with Crippen molar-refractivity contribution in [2.45, 2.75) is 6.42 Å². The number of carbonyl (C=O) groups is 1. The van der Waals surface area contributed by atoms with Crippen molar-refractivity contribution in [3.05, 3.63) is 27.9 Å². The maximum Gasteiger partial charge on any atom is 0.288 e. The second-order valence-electron chi connectivity index (χ2n) is 4.35. The van der Waals surface area contributed by atoms with Crippen LogP contribution < -0.4 is 5.32 Å². The molecule has 2 heterocycles. The van der Waals surface area contributed by atoms with E-state index in [9.17, 15) is 14.9 Å². The number of hydrogen-bond donors (Lipinski definition) is 1. The molecule has 1 aromatic heterocycles. The van der Waals surface area contributed by atoms with E-state index in [1.165, 1.54) is 6.07 Å². The first-order valence-corrected chi connectivity index (χ1v) is 7.48. The number of nitrogens with one attached hydrogen (secondary N) is 1. The third-order valence-electron chi connectivity index (χ3n) is 3.06. The van der Waals surface area contributed by atoms with Crippen molar-refractivity contribution in [2.24, 2.45) is 0 Å². The smallest absolute Gasteiger partial charge is 0.288 e. The second kappa shape index (κ2) is 6.56. The highest BCUT2D eigenvalue weighted by Gasteiger charge is 2.23. The molecule has 0 aromatic carbocycles. The average Bonchev–Trinajstić information content (AvgIpc) is 2.74. The number of nitrogens with zero attached hydrogens (tertiary/aromatic N) is 3. The summed E-state index contributed by atoms with van der Waals surface area (Å²) in [5, 5.41) is 13.6. The zero-order valence-electron chi connectivity index (χ0n) is 11.2. The molecular formula is C12H16N4O3S. The number of amides is 1. The van der Waals surface area contributed by atoms with Crippen molar-refractivity contribution in [1.82, 2.24) is 9.88 Å². The fourth-order valence-corrected chi connectivity index (χ4v) is 2.92. The van der Waals surface area contributed by atoms with Crippen LogP contribution in [0.25, 0.3) is 0 Å². The Labute approximate surface area is 120 Å². The highest BCUT2D eigenvalue weighted by Crippen LogP contribution is 2.22. The molecule has 0 spiro atoms. The lowest BCUT2D eigenvalue weighted by molar-refractivity contribution is -0.385. The van der Waals surface area contributed by atoms with Crippen LogP contribution in [-0.2, 0) is 0 Å². The molecule has 1 aromatic rings. The zero-order chi connectivity index (χ0) is 14.5. The van der Waals surface area contributed by atoms with Gasteiger partial charge in [-0.1, -0.05) is 0 Å². The molecule has 0 unspecified atom stereocenters. The molecule has 1 aliphatic rings. The molecule has 0 radical (unpaired) electrons. The predicted molar refractivity (Wildman–Crippen MR) is 78.3 cm³/mol. The van der Waals surface area contributed by atoms with Gasteiger partial charge in [0.25, 0.3) is 11.6 Å². The Balaban J connectivity index is 2.31. The molecule has 20 heavy (non-hydrogen) atoms. The van der Waals surface area contributed by atoms with E-state index in [0.717, 1.165) is 24.1 Å². The van der Waals surface area contributed by atoms with Gasteiger partial charge in [0.15, 0.2) is 0 Å². The normalized spacial score (nSPS) is 15.6. The Bertz CT molecular complexity index is 515. The van der Waals surface area contributed by atoms with Crippen molar-refractivity contribution in [3.63, 3.8) is 0 Å². The molecule has 1 saturated heterocycles. The quantitative estimate of drug-likeness (QED) is 0.673. The van der Waals surface area contributed by atoms with Crippen LogP contribution in [0.5, 0.6) is 0 Å². The van der Waals surface area contributed by atoms with Gasteiger partial charge in [0.1, 0.15) is 12.0 Å². The van der Waals surface area contributed by atoms with Gasteiger partial charge in [-0.05, 0) is 12.2 Å².